The lowest BCUT2D eigenvalue weighted by Gasteiger charge is -2.25. The van der Waals surface area contributed by atoms with Gasteiger partial charge in [0.1, 0.15) is 5.75 Å². The fraction of sp³-hybridized carbons (Fsp3) is 0.381. The second-order valence-corrected chi connectivity index (χ2v) is 10.1. The summed E-state index contributed by atoms with van der Waals surface area (Å²) in [6.07, 6.45) is 4.58. The topological polar surface area (TPSA) is 98.5 Å². The van der Waals surface area contributed by atoms with E-state index in [4.69, 9.17) is 10.5 Å². The van der Waals surface area contributed by atoms with Crippen molar-refractivity contribution in [3.05, 3.63) is 58.6 Å². The summed E-state index contributed by atoms with van der Waals surface area (Å²) in [4.78, 5) is 11.5. The molecule has 2 aromatic rings. The number of primary amides is 1. The Balaban J connectivity index is 1.74. The Bertz CT molecular complexity index is 1010. The van der Waals surface area contributed by atoms with Crippen LogP contribution in [0, 0.1) is 5.92 Å². The van der Waals surface area contributed by atoms with Crippen LogP contribution in [0.3, 0.4) is 0 Å². The molecule has 1 aliphatic carbocycles. The van der Waals surface area contributed by atoms with Gasteiger partial charge in [-0.3, -0.25) is 4.79 Å². The normalized spacial score (nSPS) is 16.2. The van der Waals surface area contributed by atoms with Gasteiger partial charge in [0.25, 0.3) is 5.92 Å². The van der Waals surface area contributed by atoms with Crippen LogP contribution in [0.4, 0.5) is 8.78 Å². The molecule has 168 valence electrons. The molecule has 0 bridgehead atoms. The maximum atomic E-state index is 14.9. The molecule has 10 heteroatoms. The second-order valence-electron chi connectivity index (χ2n) is 7.52. The number of nitrogens with one attached hydrogen (secondary N) is 1. The monoisotopic (exact) mass is 516 g/mol. The van der Waals surface area contributed by atoms with Gasteiger partial charge in [-0.15, -0.1) is 0 Å². The van der Waals surface area contributed by atoms with Crippen molar-refractivity contribution in [2.75, 3.05) is 6.61 Å². The standard InChI is InChI=1S/C21H23BrF2N2O4S/c22-16-7-5-15(6-8-16)21(23,24)19(20(25)27)26-31(28,29)18-11-9-17(10-12-18)30-13-14-3-1-2-4-14/h5-12,14,19,26H,1-4,13H2,(H2,25,27)/t19-/m0/s1. The van der Waals surface area contributed by atoms with Crippen molar-refractivity contribution < 1.29 is 26.7 Å². The summed E-state index contributed by atoms with van der Waals surface area (Å²) in [5, 5.41) is 0. The number of alkyl halides is 2. The lowest BCUT2D eigenvalue weighted by Crippen LogP contribution is -2.53. The number of sulfonamides is 1. The Morgan fingerprint density at radius 2 is 1.71 bits per heavy atom. The predicted molar refractivity (Wildman–Crippen MR) is 115 cm³/mol. The highest BCUT2D eigenvalue weighted by atomic mass is 79.9. The van der Waals surface area contributed by atoms with Gasteiger partial charge >= 0.3 is 0 Å². The quantitative estimate of drug-likeness (QED) is 0.527. The van der Waals surface area contributed by atoms with Crippen molar-refractivity contribution in [2.24, 2.45) is 11.7 Å². The van der Waals surface area contributed by atoms with Crippen molar-refractivity contribution in [2.45, 2.75) is 42.5 Å². The highest BCUT2D eigenvalue weighted by molar-refractivity contribution is 9.10. The maximum Gasteiger partial charge on any atom is 0.298 e. The number of halogens is 3. The number of nitrogens with two attached hydrogens (primary N) is 1. The number of hydrogen-bond acceptors (Lipinski definition) is 4. The zero-order valence-corrected chi connectivity index (χ0v) is 19.0. The van der Waals surface area contributed by atoms with E-state index in [1.54, 1.807) is 4.72 Å². The lowest BCUT2D eigenvalue weighted by atomic mass is 10.0. The molecule has 0 aliphatic heterocycles. The minimum atomic E-state index is -4.45. The van der Waals surface area contributed by atoms with E-state index in [9.17, 15) is 22.0 Å². The highest BCUT2D eigenvalue weighted by Gasteiger charge is 2.47. The molecule has 2 aromatic carbocycles. The molecular formula is C21H23BrF2N2O4S. The third-order valence-electron chi connectivity index (χ3n) is 5.24. The summed E-state index contributed by atoms with van der Waals surface area (Å²) in [5.74, 6) is -4.38. The van der Waals surface area contributed by atoms with Gasteiger partial charge in [0.2, 0.25) is 15.9 Å². The van der Waals surface area contributed by atoms with Crippen molar-refractivity contribution in [1.82, 2.24) is 4.72 Å². The van der Waals surface area contributed by atoms with Crippen LogP contribution in [-0.2, 0) is 20.7 Å². The average Bonchev–Trinajstić information content (AvgIpc) is 3.24. The fourth-order valence-corrected chi connectivity index (χ4v) is 4.95. The molecule has 0 saturated heterocycles. The molecule has 1 saturated carbocycles. The molecule has 1 fully saturated rings. The van der Waals surface area contributed by atoms with Crippen LogP contribution in [0.1, 0.15) is 31.2 Å². The molecule has 1 atom stereocenters. The minimum absolute atomic E-state index is 0.279. The first-order valence-electron chi connectivity index (χ1n) is 9.78. The van der Waals surface area contributed by atoms with E-state index in [1.165, 1.54) is 49.2 Å². The van der Waals surface area contributed by atoms with E-state index in [2.05, 4.69) is 15.9 Å². The largest absolute Gasteiger partial charge is 0.493 e. The average molecular weight is 517 g/mol. The SMILES string of the molecule is NC(=O)[C@H](NS(=O)(=O)c1ccc(OCC2CCCC2)cc1)C(F)(F)c1ccc(Br)cc1. The first kappa shape index (κ1) is 23.6. The van der Waals surface area contributed by atoms with Crippen LogP contribution in [0.2, 0.25) is 0 Å². The molecule has 0 heterocycles. The number of ether oxygens (including phenoxy) is 1. The first-order valence-corrected chi connectivity index (χ1v) is 12.1. The molecule has 0 spiro atoms. The van der Waals surface area contributed by atoms with E-state index in [0.29, 0.717) is 22.7 Å². The zero-order valence-electron chi connectivity index (χ0n) is 16.6. The molecule has 0 unspecified atom stereocenters. The van der Waals surface area contributed by atoms with Gasteiger partial charge in [-0.2, -0.15) is 13.5 Å². The molecule has 31 heavy (non-hydrogen) atoms. The van der Waals surface area contributed by atoms with Crippen molar-refractivity contribution >= 4 is 31.9 Å². The Morgan fingerprint density at radius 1 is 1.13 bits per heavy atom. The number of amides is 1. The second kappa shape index (κ2) is 9.62. The van der Waals surface area contributed by atoms with Gasteiger partial charge in [-0.25, -0.2) is 8.42 Å². The molecule has 3 N–H and O–H groups in total. The summed E-state index contributed by atoms with van der Waals surface area (Å²) in [6, 6.07) is 7.82. The summed E-state index contributed by atoms with van der Waals surface area (Å²) >= 11 is 3.14. The van der Waals surface area contributed by atoms with Crippen LogP contribution < -0.4 is 15.2 Å². The first-order chi connectivity index (χ1) is 14.6. The van der Waals surface area contributed by atoms with Gasteiger partial charge in [-0.1, -0.05) is 40.9 Å². The number of hydrogen-bond donors (Lipinski definition) is 2. The smallest absolute Gasteiger partial charge is 0.298 e. The lowest BCUT2D eigenvalue weighted by molar-refractivity contribution is -0.130. The van der Waals surface area contributed by atoms with Gasteiger partial charge in [-0.05, 0) is 55.2 Å². The van der Waals surface area contributed by atoms with Gasteiger partial charge in [0.05, 0.1) is 11.5 Å². The van der Waals surface area contributed by atoms with Crippen LogP contribution in [0.15, 0.2) is 57.9 Å². The number of rotatable bonds is 9. The Kier molecular flexibility index (Phi) is 7.33. The van der Waals surface area contributed by atoms with Crippen LogP contribution in [0.25, 0.3) is 0 Å². The summed E-state index contributed by atoms with van der Waals surface area (Å²) < 4.78 is 63.1. The summed E-state index contributed by atoms with van der Waals surface area (Å²) in [7, 11) is -4.45. The highest BCUT2D eigenvalue weighted by Crippen LogP contribution is 2.33. The van der Waals surface area contributed by atoms with E-state index in [1.807, 2.05) is 0 Å². The van der Waals surface area contributed by atoms with Crippen molar-refractivity contribution in [3.63, 3.8) is 0 Å². The van der Waals surface area contributed by atoms with Crippen molar-refractivity contribution in [3.8, 4) is 5.75 Å². The van der Waals surface area contributed by atoms with Crippen LogP contribution in [-0.4, -0.2) is 27.0 Å². The Labute approximate surface area is 188 Å². The van der Waals surface area contributed by atoms with E-state index >= 15 is 0 Å². The van der Waals surface area contributed by atoms with Gasteiger partial charge in [0, 0.05) is 10.0 Å². The summed E-state index contributed by atoms with van der Waals surface area (Å²) in [5.41, 5.74) is 4.58. The zero-order chi connectivity index (χ0) is 22.6. The van der Waals surface area contributed by atoms with E-state index in [-0.39, 0.29) is 4.90 Å². The van der Waals surface area contributed by atoms with E-state index in [0.717, 1.165) is 25.0 Å². The van der Waals surface area contributed by atoms with E-state index < -0.39 is 33.5 Å². The third kappa shape index (κ3) is 5.81. The molecule has 0 radical (unpaired) electrons. The Hall–Kier alpha value is -2.04. The fourth-order valence-electron chi connectivity index (χ4n) is 3.48. The van der Waals surface area contributed by atoms with Gasteiger partial charge < -0.3 is 10.5 Å². The Morgan fingerprint density at radius 3 is 2.26 bits per heavy atom. The molecule has 6 nitrogen and oxygen atoms in total. The predicted octanol–water partition coefficient (Wildman–Crippen LogP) is 3.94. The van der Waals surface area contributed by atoms with Crippen molar-refractivity contribution in [1.29, 1.82) is 0 Å². The van der Waals surface area contributed by atoms with Crippen LogP contribution >= 0.6 is 15.9 Å². The minimum Gasteiger partial charge on any atom is -0.493 e. The summed E-state index contributed by atoms with van der Waals surface area (Å²) in [6.45, 7) is 0.549. The molecule has 0 aromatic heterocycles. The molecule has 3 rings (SSSR count). The number of carbonyl (C=O) groups excluding carboxylic acids is 1. The number of benzene rings is 2. The number of carbonyl (C=O) groups is 1. The van der Waals surface area contributed by atoms with Crippen LogP contribution in [0.5, 0.6) is 5.75 Å². The third-order valence-corrected chi connectivity index (χ3v) is 7.21. The van der Waals surface area contributed by atoms with Gasteiger partial charge in [0.15, 0.2) is 6.04 Å². The molecule has 1 aliphatic rings. The molecule has 1 amide bonds. The maximum absolute atomic E-state index is 14.9. The molecular weight excluding hydrogens is 494 g/mol.